The SMILES string of the molecule is N#Cc1ccc(CN2CCCN(C(=O)CCNC(=O)C34CC5CC(CC(C5)C3)C4)CC2)cc1. The first-order valence-corrected chi connectivity index (χ1v) is 12.8. The Hall–Kier alpha value is -2.39. The summed E-state index contributed by atoms with van der Waals surface area (Å²) < 4.78 is 0. The zero-order valence-corrected chi connectivity index (χ0v) is 19.6. The smallest absolute Gasteiger partial charge is 0.226 e. The minimum absolute atomic E-state index is 0.133. The Balaban J connectivity index is 1.06. The van der Waals surface area contributed by atoms with Gasteiger partial charge in [0.1, 0.15) is 0 Å². The highest BCUT2D eigenvalue weighted by Gasteiger charge is 2.54. The van der Waals surface area contributed by atoms with Gasteiger partial charge in [-0.2, -0.15) is 5.26 Å². The Kier molecular flexibility index (Phi) is 6.42. The van der Waals surface area contributed by atoms with Crippen molar-refractivity contribution in [1.29, 1.82) is 5.26 Å². The standard InChI is InChI=1S/C27H36N4O2/c28-18-20-2-4-21(5-3-20)19-30-8-1-9-31(11-10-30)25(32)6-7-29-26(33)27-15-22-12-23(16-27)14-24(13-22)17-27/h2-5,22-24H,1,6-17,19H2,(H,29,33). The molecule has 176 valence electrons. The van der Waals surface area contributed by atoms with Crippen molar-refractivity contribution in [2.45, 2.75) is 57.9 Å². The van der Waals surface area contributed by atoms with E-state index >= 15 is 0 Å². The number of nitrogens with zero attached hydrogens (tertiary/aromatic N) is 3. The number of amides is 2. The third-order valence-corrected chi connectivity index (χ3v) is 8.57. The van der Waals surface area contributed by atoms with E-state index in [1.54, 1.807) is 0 Å². The summed E-state index contributed by atoms with van der Waals surface area (Å²) in [6, 6.07) is 9.91. The third-order valence-electron chi connectivity index (χ3n) is 8.57. The zero-order valence-electron chi connectivity index (χ0n) is 19.6. The molecule has 1 heterocycles. The molecule has 0 aromatic heterocycles. The van der Waals surface area contributed by atoms with Crippen molar-refractivity contribution in [3.63, 3.8) is 0 Å². The lowest BCUT2D eigenvalue weighted by molar-refractivity contribution is -0.146. The van der Waals surface area contributed by atoms with Gasteiger partial charge in [0.25, 0.3) is 0 Å². The topological polar surface area (TPSA) is 76.4 Å². The van der Waals surface area contributed by atoms with Crippen LogP contribution in [0, 0.1) is 34.5 Å². The molecule has 4 aliphatic carbocycles. The van der Waals surface area contributed by atoms with Crippen LogP contribution in [0.2, 0.25) is 0 Å². The van der Waals surface area contributed by atoms with E-state index in [0.717, 1.165) is 76.2 Å². The van der Waals surface area contributed by atoms with E-state index < -0.39 is 0 Å². The molecule has 6 rings (SSSR count). The summed E-state index contributed by atoms with van der Waals surface area (Å²) in [5, 5.41) is 12.1. The Morgan fingerprint density at radius 2 is 1.64 bits per heavy atom. The minimum atomic E-state index is -0.133. The maximum absolute atomic E-state index is 13.1. The number of benzene rings is 1. The van der Waals surface area contributed by atoms with Gasteiger partial charge in [-0.3, -0.25) is 14.5 Å². The molecule has 5 aliphatic rings. The van der Waals surface area contributed by atoms with Gasteiger partial charge in [0.05, 0.1) is 11.6 Å². The van der Waals surface area contributed by atoms with Gasteiger partial charge in [0, 0.05) is 51.1 Å². The molecule has 33 heavy (non-hydrogen) atoms. The van der Waals surface area contributed by atoms with Crippen molar-refractivity contribution in [2.24, 2.45) is 23.2 Å². The fraction of sp³-hybridized carbons (Fsp3) is 0.667. The summed E-state index contributed by atoms with van der Waals surface area (Å²) >= 11 is 0. The molecule has 1 aromatic rings. The summed E-state index contributed by atoms with van der Waals surface area (Å²) in [5.41, 5.74) is 1.75. The van der Waals surface area contributed by atoms with Crippen LogP contribution in [0.15, 0.2) is 24.3 Å². The van der Waals surface area contributed by atoms with Gasteiger partial charge >= 0.3 is 0 Å². The molecule has 2 amide bonds. The molecule has 4 saturated carbocycles. The van der Waals surface area contributed by atoms with Crippen LogP contribution in [0.1, 0.15) is 62.5 Å². The lowest BCUT2D eigenvalue weighted by Gasteiger charge is -2.55. The molecule has 0 spiro atoms. The molecule has 0 radical (unpaired) electrons. The molecule has 6 heteroatoms. The quantitative estimate of drug-likeness (QED) is 0.724. The first-order valence-electron chi connectivity index (χ1n) is 12.8. The number of rotatable bonds is 6. The summed E-state index contributed by atoms with van der Waals surface area (Å²) in [6.45, 7) is 4.64. The average molecular weight is 449 g/mol. The predicted molar refractivity (Wildman–Crippen MR) is 126 cm³/mol. The lowest BCUT2D eigenvalue weighted by atomic mass is 9.49. The summed E-state index contributed by atoms with van der Waals surface area (Å²) in [5.74, 6) is 2.65. The molecule has 0 atom stereocenters. The van der Waals surface area contributed by atoms with Crippen molar-refractivity contribution in [1.82, 2.24) is 15.1 Å². The van der Waals surface area contributed by atoms with Crippen molar-refractivity contribution in [3.05, 3.63) is 35.4 Å². The lowest BCUT2D eigenvalue weighted by Crippen LogP contribution is -2.53. The number of nitriles is 1. The summed E-state index contributed by atoms with van der Waals surface area (Å²) in [6.07, 6.45) is 8.57. The molecular formula is C27H36N4O2. The maximum atomic E-state index is 13.1. The molecule has 4 bridgehead atoms. The van der Waals surface area contributed by atoms with E-state index in [9.17, 15) is 9.59 Å². The Morgan fingerprint density at radius 3 is 2.27 bits per heavy atom. The van der Waals surface area contributed by atoms with Crippen LogP contribution in [0.4, 0.5) is 0 Å². The van der Waals surface area contributed by atoms with E-state index in [4.69, 9.17) is 5.26 Å². The van der Waals surface area contributed by atoms with E-state index in [0.29, 0.717) is 18.5 Å². The van der Waals surface area contributed by atoms with E-state index in [2.05, 4.69) is 16.3 Å². The summed E-state index contributed by atoms with van der Waals surface area (Å²) in [7, 11) is 0. The van der Waals surface area contributed by atoms with Gasteiger partial charge < -0.3 is 10.2 Å². The largest absolute Gasteiger partial charge is 0.355 e. The first kappa shape index (κ1) is 22.4. The number of hydrogen-bond acceptors (Lipinski definition) is 4. The number of carbonyl (C=O) groups excluding carboxylic acids is 2. The second kappa shape index (κ2) is 9.46. The molecule has 6 nitrogen and oxygen atoms in total. The monoisotopic (exact) mass is 448 g/mol. The highest BCUT2D eigenvalue weighted by atomic mass is 16.2. The van der Waals surface area contributed by atoms with E-state index in [1.165, 1.54) is 24.8 Å². The first-order chi connectivity index (χ1) is 16.0. The molecule has 1 aromatic carbocycles. The van der Waals surface area contributed by atoms with Crippen LogP contribution in [0.5, 0.6) is 0 Å². The fourth-order valence-corrected chi connectivity index (χ4v) is 7.34. The second-order valence-corrected chi connectivity index (χ2v) is 11.0. The molecule has 1 N–H and O–H groups in total. The van der Waals surface area contributed by atoms with Crippen molar-refractivity contribution in [2.75, 3.05) is 32.7 Å². The van der Waals surface area contributed by atoms with Crippen molar-refractivity contribution < 1.29 is 9.59 Å². The number of carbonyl (C=O) groups is 2. The van der Waals surface area contributed by atoms with Crippen molar-refractivity contribution in [3.8, 4) is 6.07 Å². The Morgan fingerprint density at radius 1 is 0.970 bits per heavy atom. The molecule has 5 fully saturated rings. The Labute approximate surface area is 197 Å². The van der Waals surface area contributed by atoms with Gasteiger partial charge in [-0.1, -0.05) is 12.1 Å². The van der Waals surface area contributed by atoms with Gasteiger partial charge in [-0.05, 0) is 80.4 Å². The van der Waals surface area contributed by atoms with Gasteiger partial charge in [0.15, 0.2) is 0 Å². The van der Waals surface area contributed by atoms with Crippen molar-refractivity contribution >= 4 is 11.8 Å². The maximum Gasteiger partial charge on any atom is 0.226 e. The zero-order chi connectivity index (χ0) is 22.8. The minimum Gasteiger partial charge on any atom is -0.355 e. The van der Waals surface area contributed by atoms with Gasteiger partial charge in [-0.15, -0.1) is 0 Å². The average Bonchev–Trinajstić information content (AvgIpc) is 3.04. The normalized spacial score (nSPS) is 31.1. The van der Waals surface area contributed by atoms with Crippen LogP contribution < -0.4 is 5.32 Å². The van der Waals surface area contributed by atoms with Crippen LogP contribution in [-0.2, 0) is 16.1 Å². The van der Waals surface area contributed by atoms with Crippen LogP contribution in [-0.4, -0.2) is 54.3 Å². The molecular weight excluding hydrogens is 412 g/mol. The van der Waals surface area contributed by atoms with Gasteiger partial charge in [0.2, 0.25) is 11.8 Å². The molecule has 0 unspecified atom stereocenters. The fourth-order valence-electron chi connectivity index (χ4n) is 7.34. The van der Waals surface area contributed by atoms with Crippen LogP contribution in [0.25, 0.3) is 0 Å². The Bertz CT molecular complexity index is 884. The highest BCUT2D eigenvalue weighted by molar-refractivity contribution is 5.84. The predicted octanol–water partition coefficient (Wildman–Crippen LogP) is 3.32. The number of nitrogens with one attached hydrogen (secondary N) is 1. The number of hydrogen-bond donors (Lipinski definition) is 1. The van der Waals surface area contributed by atoms with E-state index in [1.807, 2.05) is 29.2 Å². The third kappa shape index (κ3) is 4.94. The van der Waals surface area contributed by atoms with Crippen LogP contribution >= 0.6 is 0 Å². The van der Waals surface area contributed by atoms with Gasteiger partial charge in [-0.25, -0.2) is 0 Å². The molecule has 1 aliphatic heterocycles. The van der Waals surface area contributed by atoms with E-state index in [-0.39, 0.29) is 17.2 Å². The summed E-state index contributed by atoms with van der Waals surface area (Å²) in [4.78, 5) is 30.3. The second-order valence-electron chi connectivity index (χ2n) is 11.0. The van der Waals surface area contributed by atoms with Crippen LogP contribution in [0.3, 0.4) is 0 Å². The highest BCUT2D eigenvalue weighted by Crippen LogP contribution is 2.60. The molecule has 1 saturated heterocycles.